The van der Waals surface area contributed by atoms with Crippen LogP contribution in [-0.2, 0) is 0 Å². The average molecular weight is 267 g/mol. The maximum Gasteiger partial charge on any atom is 0.258 e. The highest BCUT2D eigenvalue weighted by molar-refractivity contribution is 6.04. The molecule has 1 heterocycles. The number of nitrogens with one attached hydrogen (secondary N) is 1. The van der Waals surface area contributed by atoms with Crippen molar-refractivity contribution in [2.45, 2.75) is 6.92 Å². The number of carbonyl (C=O) groups is 1. The van der Waals surface area contributed by atoms with Gasteiger partial charge in [-0.3, -0.25) is 10.1 Å². The van der Waals surface area contributed by atoms with Crippen LogP contribution in [0.25, 0.3) is 0 Å². The minimum Gasteiger partial charge on any atom is -0.384 e. The van der Waals surface area contributed by atoms with Crippen molar-refractivity contribution in [3.63, 3.8) is 0 Å². The van der Waals surface area contributed by atoms with Gasteiger partial charge in [-0.05, 0) is 30.7 Å². The highest BCUT2D eigenvalue weighted by atomic mass is 16.2. The minimum atomic E-state index is -0.290. The number of rotatable bonds is 2. The fraction of sp³-hybridized carbons (Fsp3) is 0.133. The van der Waals surface area contributed by atoms with E-state index in [1.807, 2.05) is 13.0 Å². The second kappa shape index (κ2) is 6.45. The molecule has 5 heteroatoms. The standard InChI is InChI=1S/C15H13N3O2/c1-11-5-6-12(4-2-9-19)10-13(11)14(20)18-15-16-7-3-8-17-15/h3,5-8,10,19H,9H2,1H3,(H,16,17,18,20). The minimum absolute atomic E-state index is 0.215. The van der Waals surface area contributed by atoms with Crippen LogP contribution in [0, 0.1) is 18.8 Å². The molecule has 0 fully saturated rings. The summed E-state index contributed by atoms with van der Waals surface area (Å²) in [5, 5.41) is 11.3. The number of aliphatic hydroxyl groups excluding tert-OH is 1. The van der Waals surface area contributed by atoms with Crippen molar-refractivity contribution in [3.05, 3.63) is 53.3 Å². The Morgan fingerprint density at radius 2 is 2.10 bits per heavy atom. The third-order valence-corrected chi connectivity index (χ3v) is 2.59. The molecule has 0 unspecified atom stereocenters. The molecule has 0 aliphatic heterocycles. The number of nitrogens with zero attached hydrogens (tertiary/aromatic N) is 2. The fourth-order valence-corrected chi connectivity index (χ4v) is 1.62. The van der Waals surface area contributed by atoms with Gasteiger partial charge in [-0.1, -0.05) is 17.9 Å². The van der Waals surface area contributed by atoms with Gasteiger partial charge < -0.3 is 5.11 Å². The first-order chi connectivity index (χ1) is 9.70. The molecule has 1 aromatic heterocycles. The van der Waals surface area contributed by atoms with Crippen LogP contribution in [0.4, 0.5) is 5.95 Å². The van der Waals surface area contributed by atoms with Gasteiger partial charge in [0.1, 0.15) is 6.61 Å². The molecule has 0 aliphatic carbocycles. The van der Waals surface area contributed by atoms with Crippen molar-refractivity contribution < 1.29 is 9.90 Å². The van der Waals surface area contributed by atoms with Gasteiger partial charge in [-0.15, -0.1) is 0 Å². The van der Waals surface area contributed by atoms with E-state index in [-0.39, 0.29) is 18.5 Å². The largest absolute Gasteiger partial charge is 0.384 e. The Labute approximate surface area is 116 Å². The predicted octanol–water partition coefficient (Wildman–Crippen LogP) is 1.38. The summed E-state index contributed by atoms with van der Waals surface area (Å²) >= 11 is 0. The Morgan fingerprint density at radius 1 is 1.35 bits per heavy atom. The van der Waals surface area contributed by atoms with Crippen LogP contribution in [0.15, 0.2) is 36.7 Å². The van der Waals surface area contributed by atoms with Crippen molar-refractivity contribution in [1.82, 2.24) is 9.97 Å². The SMILES string of the molecule is Cc1ccc(C#CCO)cc1C(=O)Nc1ncccn1. The van der Waals surface area contributed by atoms with Crippen LogP contribution in [-0.4, -0.2) is 27.6 Å². The third kappa shape index (κ3) is 3.40. The summed E-state index contributed by atoms with van der Waals surface area (Å²) in [5.74, 6) is 5.28. The number of carbonyl (C=O) groups excluding carboxylic acids is 1. The summed E-state index contributed by atoms with van der Waals surface area (Å²) in [4.78, 5) is 20.1. The van der Waals surface area contributed by atoms with Crippen LogP contribution < -0.4 is 5.32 Å². The van der Waals surface area contributed by atoms with Gasteiger partial charge >= 0.3 is 0 Å². The lowest BCUT2D eigenvalue weighted by Gasteiger charge is -2.06. The van der Waals surface area contributed by atoms with Crippen molar-refractivity contribution in [2.24, 2.45) is 0 Å². The summed E-state index contributed by atoms with van der Waals surface area (Å²) < 4.78 is 0. The lowest BCUT2D eigenvalue weighted by atomic mass is 10.0. The Bertz CT molecular complexity index is 673. The summed E-state index contributed by atoms with van der Waals surface area (Å²) in [6, 6.07) is 6.96. The lowest BCUT2D eigenvalue weighted by molar-refractivity contribution is 0.102. The molecule has 100 valence electrons. The fourth-order valence-electron chi connectivity index (χ4n) is 1.62. The molecule has 0 atom stereocenters. The molecule has 5 nitrogen and oxygen atoms in total. The number of aryl methyl sites for hydroxylation is 1. The molecule has 1 amide bonds. The van der Waals surface area contributed by atoms with Crippen LogP contribution in [0.1, 0.15) is 21.5 Å². The van der Waals surface area contributed by atoms with E-state index < -0.39 is 0 Å². The Kier molecular flexibility index (Phi) is 4.43. The summed E-state index contributed by atoms with van der Waals surface area (Å²) in [7, 11) is 0. The van der Waals surface area contributed by atoms with E-state index in [0.29, 0.717) is 11.1 Å². The van der Waals surface area contributed by atoms with Crippen LogP contribution in [0.5, 0.6) is 0 Å². The summed E-state index contributed by atoms with van der Waals surface area (Å²) in [6.07, 6.45) is 3.11. The first kappa shape index (κ1) is 13.7. The summed E-state index contributed by atoms with van der Waals surface area (Å²) in [6.45, 7) is 1.62. The van der Waals surface area contributed by atoms with Crippen molar-refractivity contribution >= 4 is 11.9 Å². The molecule has 0 radical (unpaired) electrons. The quantitative estimate of drug-likeness (QED) is 0.806. The van der Waals surface area contributed by atoms with Crippen LogP contribution in [0.3, 0.4) is 0 Å². The van der Waals surface area contributed by atoms with E-state index >= 15 is 0 Å². The highest BCUT2D eigenvalue weighted by Gasteiger charge is 2.10. The van der Waals surface area contributed by atoms with Crippen molar-refractivity contribution in [3.8, 4) is 11.8 Å². The number of aromatic nitrogens is 2. The highest BCUT2D eigenvalue weighted by Crippen LogP contribution is 2.12. The monoisotopic (exact) mass is 267 g/mol. The number of hydrogen-bond donors (Lipinski definition) is 2. The topological polar surface area (TPSA) is 75.1 Å². The Balaban J connectivity index is 2.25. The Morgan fingerprint density at radius 3 is 2.80 bits per heavy atom. The molecule has 0 bridgehead atoms. The predicted molar refractivity (Wildman–Crippen MR) is 75.1 cm³/mol. The third-order valence-electron chi connectivity index (χ3n) is 2.59. The number of amides is 1. The lowest BCUT2D eigenvalue weighted by Crippen LogP contribution is -2.15. The molecule has 0 saturated carbocycles. The van der Waals surface area contributed by atoms with Gasteiger partial charge in [0.25, 0.3) is 5.91 Å². The number of aliphatic hydroxyl groups is 1. The maximum atomic E-state index is 12.2. The molecule has 0 spiro atoms. The Hall–Kier alpha value is -2.71. The first-order valence-corrected chi connectivity index (χ1v) is 5.99. The van der Waals surface area contributed by atoms with E-state index in [1.165, 1.54) is 0 Å². The van der Waals surface area contributed by atoms with Crippen molar-refractivity contribution in [2.75, 3.05) is 11.9 Å². The smallest absolute Gasteiger partial charge is 0.258 e. The molecular weight excluding hydrogens is 254 g/mol. The zero-order valence-electron chi connectivity index (χ0n) is 10.9. The van der Waals surface area contributed by atoms with E-state index in [0.717, 1.165) is 5.56 Å². The zero-order valence-corrected chi connectivity index (χ0v) is 10.9. The molecule has 2 aromatic rings. The molecule has 20 heavy (non-hydrogen) atoms. The van der Waals surface area contributed by atoms with Gasteiger partial charge in [0.2, 0.25) is 5.95 Å². The van der Waals surface area contributed by atoms with Gasteiger partial charge in [0, 0.05) is 23.5 Å². The van der Waals surface area contributed by atoms with Crippen LogP contribution >= 0.6 is 0 Å². The maximum absolute atomic E-state index is 12.2. The molecule has 0 aliphatic rings. The van der Waals surface area contributed by atoms with E-state index in [4.69, 9.17) is 5.11 Å². The van der Waals surface area contributed by atoms with Gasteiger partial charge in [0.15, 0.2) is 0 Å². The molecule has 0 saturated heterocycles. The van der Waals surface area contributed by atoms with Gasteiger partial charge in [-0.25, -0.2) is 9.97 Å². The van der Waals surface area contributed by atoms with Gasteiger partial charge in [0.05, 0.1) is 0 Å². The normalized spacial score (nSPS) is 9.50. The second-order valence-corrected chi connectivity index (χ2v) is 4.02. The molecular formula is C15H13N3O2. The molecule has 1 aromatic carbocycles. The number of hydrogen-bond acceptors (Lipinski definition) is 4. The van der Waals surface area contributed by atoms with E-state index in [9.17, 15) is 4.79 Å². The zero-order chi connectivity index (χ0) is 14.4. The summed E-state index contributed by atoms with van der Waals surface area (Å²) in [5.41, 5.74) is 2.00. The molecule has 2 rings (SSSR count). The van der Waals surface area contributed by atoms with E-state index in [2.05, 4.69) is 27.1 Å². The number of anilines is 1. The van der Waals surface area contributed by atoms with Gasteiger partial charge in [-0.2, -0.15) is 0 Å². The number of benzene rings is 1. The van der Waals surface area contributed by atoms with Crippen molar-refractivity contribution in [1.29, 1.82) is 0 Å². The molecule has 2 N–H and O–H groups in total. The second-order valence-electron chi connectivity index (χ2n) is 4.02. The average Bonchev–Trinajstić information content (AvgIpc) is 2.47. The van der Waals surface area contributed by atoms with E-state index in [1.54, 1.807) is 30.6 Å². The van der Waals surface area contributed by atoms with Crippen LogP contribution in [0.2, 0.25) is 0 Å². The first-order valence-electron chi connectivity index (χ1n) is 5.99.